The summed E-state index contributed by atoms with van der Waals surface area (Å²) < 4.78 is 12.3. The summed E-state index contributed by atoms with van der Waals surface area (Å²) in [4.78, 5) is 0. The summed E-state index contributed by atoms with van der Waals surface area (Å²) in [6.07, 6.45) is 1.15. The van der Waals surface area contributed by atoms with E-state index < -0.39 is 0 Å². The SMILES string of the molecule is COc1cc(CNCCC(C)C)cc(Br)c1OCc1ccc(Cl)cc1Cl.Cl. The molecule has 0 unspecified atom stereocenters. The predicted octanol–water partition coefficient (Wildman–Crippen LogP) is 6.90. The first-order chi connectivity index (χ1) is 12.4. The summed E-state index contributed by atoms with van der Waals surface area (Å²) >= 11 is 15.7. The van der Waals surface area contributed by atoms with Gasteiger partial charge in [0.25, 0.3) is 0 Å². The van der Waals surface area contributed by atoms with Crippen LogP contribution in [0.2, 0.25) is 10.0 Å². The summed E-state index contributed by atoms with van der Waals surface area (Å²) in [5.74, 6) is 2.04. The molecule has 0 atom stereocenters. The molecule has 0 fully saturated rings. The highest BCUT2D eigenvalue weighted by molar-refractivity contribution is 9.10. The molecule has 0 bridgehead atoms. The van der Waals surface area contributed by atoms with Gasteiger partial charge in [-0.25, -0.2) is 0 Å². The predicted molar refractivity (Wildman–Crippen MR) is 120 cm³/mol. The Morgan fingerprint density at radius 2 is 1.89 bits per heavy atom. The van der Waals surface area contributed by atoms with Crippen molar-refractivity contribution in [2.75, 3.05) is 13.7 Å². The van der Waals surface area contributed by atoms with E-state index in [9.17, 15) is 0 Å². The zero-order valence-electron chi connectivity index (χ0n) is 15.7. The minimum Gasteiger partial charge on any atom is -0.493 e. The van der Waals surface area contributed by atoms with Gasteiger partial charge in [0, 0.05) is 22.2 Å². The van der Waals surface area contributed by atoms with E-state index in [2.05, 4.69) is 35.1 Å². The molecule has 3 nitrogen and oxygen atoms in total. The number of nitrogens with one attached hydrogen (secondary N) is 1. The van der Waals surface area contributed by atoms with Crippen molar-refractivity contribution < 1.29 is 9.47 Å². The highest BCUT2D eigenvalue weighted by atomic mass is 79.9. The van der Waals surface area contributed by atoms with Gasteiger partial charge in [-0.05, 0) is 64.6 Å². The van der Waals surface area contributed by atoms with Crippen LogP contribution in [0.15, 0.2) is 34.8 Å². The third-order valence-corrected chi connectivity index (χ3v) is 5.08. The third-order valence-electron chi connectivity index (χ3n) is 3.90. The lowest BCUT2D eigenvalue weighted by molar-refractivity contribution is 0.282. The minimum atomic E-state index is 0. The van der Waals surface area contributed by atoms with Crippen molar-refractivity contribution in [1.29, 1.82) is 0 Å². The van der Waals surface area contributed by atoms with E-state index in [1.807, 2.05) is 18.2 Å². The van der Waals surface area contributed by atoms with Crippen LogP contribution in [-0.4, -0.2) is 13.7 Å². The first-order valence-corrected chi connectivity index (χ1v) is 10.1. The second kappa shape index (κ2) is 12.0. The highest BCUT2D eigenvalue weighted by Crippen LogP contribution is 2.37. The largest absolute Gasteiger partial charge is 0.493 e. The number of hydrogen-bond acceptors (Lipinski definition) is 3. The van der Waals surface area contributed by atoms with Crippen LogP contribution in [0.4, 0.5) is 0 Å². The topological polar surface area (TPSA) is 30.5 Å². The van der Waals surface area contributed by atoms with E-state index in [4.69, 9.17) is 32.7 Å². The first-order valence-electron chi connectivity index (χ1n) is 8.54. The third kappa shape index (κ3) is 7.71. The number of benzene rings is 2. The number of methoxy groups -OCH3 is 1. The van der Waals surface area contributed by atoms with Gasteiger partial charge in [0.15, 0.2) is 11.5 Å². The molecule has 0 aliphatic carbocycles. The van der Waals surface area contributed by atoms with Crippen molar-refractivity contribution >= 4 is 51.5 Å². The summed E-state index contributed by atoms with van der Waals surface area (Å²) in [6, 6.07) is 9.40. The van der Waals surface area contributed by atoms with Gasteiger partial charge in [0.05, 0.1) is 11.6 Å². The molecule has 2 aromatic rings. The van der Waals surface area contributed by atoms with Crippen LogP contribution in [0.5, 0.6) is 11.5 Å². The Labute approximate surface area is 186 Å². The molecule has 0 amide bonds. The Morgan fingerprint density at radius 3 is 2.52 bits per heavy atom. The molecular weight excluding hydrogens is 472 g/mol. The zero-order chi connectivity index (χ0) is 19.1. The maximum absolute atomic E-state index is 6.21. The molecule has 0 spiro atoms. The minimum absolute atomic E-state index is 0. The average molecular weight is 498 g/mol. The lowest BCUT2D eigenvalue weighted by Crippen LogP contribution is -2.16. The van der Waals surface area contributed by atoms with Gasteiger partial charge in [0.1, 0.15) is 6.61 Å². The number of halogens is 4. The fraction of sp³-hybridized carbons (Fsp3) is 0.400. The van der Waals surface area contributed by atoms with Gasteiger partial charge in [-0.3, -0.25) is 0 Å². The van der Waals surface area contributed by atoms with Gasteiger partial charge in [-0.15, -0.1) is 12.4 Å². The molecule has 7 heteroatoms. The number of hydrogen-bond donors (Lipinski definition) is 1. The maximum Gasteiger partial charge on any atom is 0.175 e. The fourth-order valence-corrected chi connectivity index (χ4v) is 3.49. The second-order valence-corrected chi connectivity index (χ2v) is 8.19. The smallest absolute Gasteiger partial charge is 0.175 e. The van der Waals surface area contributed by atoms with Crippen molar-refractivity contribution in [2.24, 2.45) is 5.92 Å². The van der Waals surface area contributed by atoms with Crippen LogP contribution in [0.3, 0.4) is 0 Å². The molecule has 1 N–H and O–H groups in total. The Bertz CT molecular complexity index is 741. The molecule has 0 aliphatic heterocycles. The average Bonchev–Trinajstić information content (AvgIpc) is 2.58. The summed E-state index contributed by atoms with van der Waals surface area (Å²) in [7, 11) is 1.64. The van der Waals surface area contributed by atoms with Gasteiger partial charge in [-0.2, -0.15) is 0 Å². The lowest BCUT2D eigenvalue weighted by atomic mass is 10.1. The van der Waals surface area contributed by atoms with Crippen LogP contribution >= 0.6 is 51.5 Å². The molecule has 2 rings (SSSR count). The number of rotatable bonds is 9. The van der Waals surface area contributed by atoms with E-state index in [1.165, 1.54) is 0 Å². The molecule has 0 aromatic heterocycles. The summed E-state index contributed by atoms with van der Waals surface area (Å²) in [5, 5.41) is 4.64. The van der Waals surface area contributed by atoms with E-state index in [1.54, 1.807) is 19.2 Å². The van der Waals surface area contributed by atoms with E-state index >= 15 is 0 Å². The van der Waals surface area contributed by atoms with Crippen LogP contribution < -0.4 is 14.8 Å². The van der Waals surface area contributed by atoms with Gasteiger partial charge < -0.3 is 14.8 Å². The van der Waals surface area contributed by atoms with Crippen LogP contribution in [0.1, 0.15) is 31.4 Å². The molecule has 0 radical (unpaired) electrons. The molecule has 0 saturated heterocycles. The normalized spacial score (nSPS) is 10.6. The first kappa shape index (κ1) is 24.4. The zero-order valence-corrected chi connectivity index (χ0v) is 19.6. The van der Waals surface area contributed by atoms with Crippen molar-refractivity contribution in [2.45, 2.75) is 33.4 Å². The van der Waals surface area contributed by atoms with Crippen LogP contribution in [0, 0.1) is 5.92 Å². The van der Waals surface area contributed by atoms with Crippen LogP contribution in [-0.2, 0) is 13.2 Å². The molecule has 2 aromatic carbocycles. The molecule has 0 saturated carbocycles. The van der Waals surface area contributed by atoms with Gasteiger partial charge in [0.2, 0.25) is 0 Å². The highest BCUT2D eigenvalue weighted by Gasteiger charge is 2.13. The Hall–Kier alpha value is -0.650. The fourth-order valence-electron chi connectivity index (χ4n) is 2.43. The second-order valence-electron chi connectivity index (χ2n) is 6.49. The van der Waals surface area contributed by atoms with E-state index in [0.717, 1.165) is 35.1 Å². The monoisotopic (exact) mass is 495 g/mol. The lowest BCUT2D eigenvalue weighted by Gasteiger charge is -2.15. The molecular formula is C20H25BrCl3NO2. The van der Waals surface area contributed by atoms with E-state index in [0.29, 0.717) is 34.1 Å². The van der Waals surface area contributed by atoms with Crippen molar-refractivity contribution in [3.63, 3.8) is 0 Å². The molecule has 0 heterocycles. The van der Waals surface area contributed by atoms with Gasteiger partial charge >= 0.3 is 0 Å². The Morgan fingerprint density at radius 1 is 1.15 bits per heavy atom. The molecule has 0 aliphatic rings. The van der Waals surface area contributed by atoms with Gasteiger partial charge in [-0.1, -0.05) is 43.1 Å². The quantitative estimate of drug-likeness (QED) is 0.382. The van der Waals surface area contributed by atoms with Crippen LogP contribution in [0.25, 0.3) is 0 Å². The number of ether oxygens (including phenoxy) is 2. The van der Waals surface area contributed by atoms with Crippen molar-refractivity contribution in [1.82, 2.24) is 5.32 Å². The van der Waals surface area contributed by atoms with Crippen molar-refractivity contribution in [3.05, 3.63) is 56.0 Å². The maximum atomic E-state index is 6.21. The summed E-state index contributed by atoms with van der Waals surface area (Å²) in [5.41, 5.74) is 2.00. The van der Waals surface area contributed by atoms with E-state index in [-0.39, 0.29) is 12.4 Å². The Kier molecular flexibility index (Phi) is 10.9. The van der Waals surface area contributed by atoms with Crippen molar-refractivity contribution in [3.8, 4) is 11.5 Å². The molecule has 27 heavy (non-hydrogen) atoms. The molecule has 150 valence electrons. The standard InChI is InChI=1S/C20H24BrCl2NO2.ClH/c1-13(2)6-7-24-11-14-8-17(21)20(19(9-14)25-3)26-12-15-4-5-16(22)10-18(15)23;/h4-5,8-10,13,24H,6-7,11-12H2,1-3H3;1H. The summed E-state index contributed by atoms with van der Waals surface area (Å²) in [6.45, 7) is 6.55. The Balaban J connectivity index is 0.00000364.